The molecule has 1 fully saturated rings. The third kappa shape index (κ3) is 3.76. The molecule has 2 aliphatic heterocycles. The van der Waals surface area contributed by atoms with Gasteiger partial charge >= 0.3 is 5.97 Å². The van der Waals surface area contributed by atoms with Crippen LogP contribution in [0.25, 0.3) is 0 Å². The summed E-state index contributed by atoms with van der Waals surface area (Å²) in [5.41, 5.74) is 0. The summed E-state index contributed by atoms with van der Waals surface area (Å²) in [5, 5.41) is 0.425. The van der Waals surface area contributed by atoms with Gasteiger partial charge in [0.1, 0.15) is 0 Å². The lowest BCUT2D eigenvalue weighted by molar-refractivity contribution is -0.197. The summed E-state index contributed by atoms with van der Waals surface area (Å²) in [5.74, 6) is -3.02. The van der Waals surface area contributed by atoms with Gasteiger partial charge in [0, 0.05) is 31.5 Å². The van der Waals surface area contributed by atoms with Crippen molar-refractivity contribution in [3.05, 3.63) is 12.2 Å². The van der Waals surface area contributed by atoms with Crippen LogP contribution in [0.3, 0.4) is 0 Å². The Morgan fingerprint density at radius 2 is 1.52 bits per heavy atom. The van der Waals surface area contributed by atoms with Gasteiger partial charge in [0.05, 0.1) is 6.42 Å². The Morgan fingerprint density at radius 3 is 2.00 bits per heavy atom. The minimum absolute atomic E-state index is 0.0130. The van der Waals surface area contributed by atoms with E-state index >= 15 is 0 Å². The summed E-state index contributed by atoms with van der Waals surface area (Å²) >= 11 is 0. The number of carbonyl (C=O) groups excluding carboxylic acids is 5. The van der Waals surface area contributed by atoms with Crippen molar-refractivity contribution in [2.75, 3.05) is 6.54 Å². The molecule has 0 aromatic carbocycles. The Bertz CT molecular complexity index is 514. The van der Waals surface area contributed by atoms with Gasteiger partial charge in [0.15, 0.2) is 0 Å². The topological polar surface area (TPSA) is 101 Å². The lowest BCUT2D eigenvalue weighted by atomic mass is 10.4. The predicted octanol–water partition coefficient (Wildman–Crippen LogP) is -0.842. The highest BCUT2D eigenvalue weighted by Gasteiger charge is 2.33. The predicted molar refractivity (Wildman–Crippen MR) is 67.5 cm³/mol. The number of hydrogen-bond donors (Lipinski definition) is 0. The number of terminal acetylenes is 1. The van der Waals surface area contributed by atoms with Gasteiger partial charge in [-0.05, 0) is 0 Å². The summed E-state index contributed by atoms with van der Waals surface area (Å²) in [7, 11) is 0. The normalized spacial score (nSPS) is 17.0. The maximum atomic E-state index is 11.4. The van der Waals surface area contributed by atoms with Crippen molar-refractivity contribution in [2.45, 2.75) is 19.3 Å². The van der Waals surface area contributed by atoms with Crippen molar-refractivity contribution in [3.63, 3.8) is 0 Å². The van der Waals surface area contributed by atoms with Gasteiger partial charge in [0.2, 0.25) is 0 Å². The maximum Gasteiger partial charge on any atom is 0.335 e. The lowest BCUT2D eigenvalue weighted by Gasteiger charge is -2.15. The van der Waals surface area contributed by atoms with Crippen LogP contribution in [0.5, 0.6) is 0 Å². The molecule has 0 aromatic heterocycles. The highest BCUT2D eigenvalue weighted by Crippen LogP contribution is 2.13. The minimum Gasteiger partial charge on any atom is -0.330 e. The Balaban J connectivity index is 0.00000106. The first kappa shape index (κ1) is 16.1. The van der Waals surface area contributed by atoms with Gasteiger partial charge in [0.25, 0.3) is 23.6 Å². The van der Waals surface area contributed by atoms with Gasteiger partial charge in [-0.2, -0.15) is 0 Å². The molecule has 0 radical (unpaired) electrons. The fourth-order valence-electron chi connectivity index (χ4n) is 1.66. The molecule has 2 aliphatic rings. The number of nitrogens with zero attached hydrogens (tertiary/aromatic N) is 2. The highest BCUT2D eigenvalue weighted by atomic mass is 16.7. The van der Waals surface area contributed by atoms with E-state index in [2.05, 4.69) is 17.7 Å². The van der Waals surface area contributed by atoms with Crippen LogP contribution in [-0.4, -0.2) is 46.1 Å². The average molecular weight is 292 g/mol. The molecule has 0 saturated carbocycles. The fourth-order valence-corrected chi connectivity index (χ4v) is 1.66. The van der Waals surface area contributed by atoms with Crippen LogP contribution in [0.15, 0.2) is 12.2 Å². The van der Waals surface area contributed by atoms with E-state index in [0.717, 1.165) is 17.1 Å². The molecule has 2 rings (SSSR count). The van der Waals surface area contributed by atoms with E-state index in [4.69, 9.17) is 0 Å². The fraction of sp³-hybridized carbons (Fsp3) is 0.308. The first-order valence-corrected chi connectivity index (χ1v) is 5.92. The number of amides is 4. The highest BCUT2D eigenvalue weighted by molar-refractivity contribution is 6.13. The van der Waals surface area contributed by atoms with Crippen molar-refractivity contribution in [3.8, 4) is 12.8 Å². The molecule has 8 nitrogen and oxygen atoms in total. The Morgan fingerprint density at radius 1 is 1.05 bits per heavy atom. The van der Waals surface area contributed by atoms with Crippen LogP contribution in [0.4, 0.5) is 0 Å². The number of imide groups is 2. The second kappa shape index (κ2) is 7.00. The van der Waals surface area contributed by atoms with Crippen LogP contribution in [0, 0.1) is 12.8 Å². The van der Waals surface area contributed by atoms with Crippen LogP contribution in [0.1, 0.15) is 19.3 Å². The van der Waals surface area contributed by atoms with E-state index in [9.17, 15) is 24.0 Å². The Hall–Kier alpha value is -2.95. The second-order valence-corrected chi connectivity index (χ2v) is 3.96. The third-order valence-corrected chi connectivity index (χ3v) is 2.64. The third-order valence-electron chi connectivity index (χ3n) is 2.64. The molecule has 0 unspecified atom stereocenters. The largest absolute Gasteiger partial charge is 0.335 e. The standard InChI is InChI=1S/C11H10N2O6.C2H2/c14-7-1-2-8(15)12(7)6-5-11(18)19-13-9(16)3-4-10(13)17;1-2/h1-2H,3-6H2;1-2H. The molecular weight excluding hydrogens is 280 g/mol. The van der Waals surface area contributed by atoms with Gasteiger partial charge < -0.3 is 4.84 Å². The van der Waals surface area contributed by atoms with Gasteiger partial charge in [-0.3, -0.25) is 24.1 Å². The maximum absolute atomic E-state index is 11.4. The molecule has 0 N–H and O–H groups in total. The summed E-state index contributed by atoms with van der Waals surface area (Å²) < 4.78 is 0. The van der Waals surface area contributed by atoms with Crippen LogP contribution in [0.2, 0.25) is 0 Å². The average Bonchev–Trinajstić information content (AvgIpc) is 2.96. The van der Waals surface area contributed by atoms with E-state index in [1.165, 1.54) is 0 Å². The van der Waals surface area contributed by atoms with Gasteiger partial charge in [-0.1, -0.05) is 0 Å². The minimum atomic E-state index is -0.851. The summed E-state index contributed by atoms with van der Waals surface area (Å²) in [6, 6.07) is 0. The molecule has 2 heterocycles. The van der Waals surface area contributed by atoms with Gasteiger partial charge in [-0.25, -0.2) is 4.79 Å². The van der Waals surface area contributed by atoms with Crippen LogP contribution in [-0.2, 0) is 28.8 Å². The molecule has 110 valence electrons. The van der Waals surface area contributed by atoms with E-state index in [-0.39, 0.29) is 25.8 Å². The number of carbonyl (C=O) groups is 5. The molecule has 0 bridgehead atoms. The zero-order valence-electron chi connectivity index (χ0n) is 11.0. The zero-order chi connectivity index (χ0) is 16.0. The Kier molecular flexibility index (Phi) is 5.37. The zero-order valence-corrected chi connectivity index (χ0v) is 11.0. The first-order valence-electron chi connectivity index (χ1n) is 5.92. The van der Waals surface area contributed by atoms with Gasteiger partial charge in [-0.15, -0.1) is 17.9 Å². The molecule has 21 heavy (non-hydrogen) atoms. The van der Waals surface area contributed by atoms with Crippen LogP contribution < -0.4 is 0 Å². The molecule has 0 spiro atoms. The van der Waals surface area contributed by atoms with Crippen LogP contribution >= 0.6 is 0 Å². The van der Waals surface area contributed by atoms with E-state index in [1.54, 1.807) is 0 Å². The lowest BCUT2D eigenvalue weighted by Crippen LogP contribution is -2.35. The molecule has 0 aromatic rings. The molecular formula is C13H12N2O6. The van der Waals surface area contributed by atoms with Crippen molar-refractivity contribution >= 4 is 29.6 Å². The molecule has 4 amide bonds. The van der Waals surface area contributed by atoms with E-state index in [1.807, 2.05) is 0 Å². The monoisotopic (exact) mass is 292 g/mol. The Labute approximate surface area is 120 Å². The summed E-state index contributed by atoms with van der Waals surface area (Å²) in [6.07, 6.45) is 9.94. The van der Waals surface area contributed by atoms with Crippen molar-refractivity contribution in [1.29, 1.82) is 0 Å². The van der Waals surface area contributed by atoms with Crippen molar-refractivity contribution in [2.24, 2.45) is 0 Å². The number of hydroxylamine groups is 2. The smallest absolute Gasteiger partial charge is 0.330 e. The van der Waals surface area contributed by atoms with E-state index in [0.29, 0.717) is 5.06 Å². The SMILES string of the molecule is C#C.O=C(CCN1C(=O)C=CC1=O)ON1C(=O)CCC1=O. The molecule has 8 heteroatoms. The van der Waals surface area contributed by atoms with E-state index < -0.39 is 29.6 Å². The molecule has 0 atom stereocenters. The summed E-state index contributed by atoms with van der Waals surface area (Å²) in [4.78, 5) is 61.6. The van der Waals surface area contributed by atoms with Crippen molar-refractivity contribution in [1.82, 2.24) is 9.96 Å². The molecule has 1 saturated heterocycles. The summed E-state index contributed by atoms with van der Waals surface area (Å²) in [6.45, 7) is -0.153. The van der Waals surface area contributed by atoms with Crippen molar-refractivity contribution < 1.29 is 28.8 Å². The quantitative estimate of drug-likeness (QED) is 0.494. The number of hydrogen-bond acceptors (Lipinski definition) is 6. The second-order valence-electron chi connectivity index (χ2n) is 3.96. The number of rotatable bonds is 4. The molecule has 0 aliphatic carbocycles. The first-order chi connectivity index (χ1) is 9.99.